The first-order chi connectivity index (χ1) is 9.20. The minimum atomic E-state index is 0.552. The van der Waals surface area contributed by atoms with E-state index in [1.165, 1.54) is 30.6 Å². The van der Waals surface area contributed by atoms with Crippen LogP contribution in [0.1, 0.15) is 11.1 Å². The molecule has 1 heterocycles. The van der Waals surface area contributed by atoms with Crippen LogP contribution in [0.15, 0.2) is 46.3 Å². The third kappa shape index (κ3) is 2.33. The number of benzene rings is 2. The van der Waals surface area contributed by atoms with Gasteiger partial charge >= 0.3 is 0 Å². The predicted molar refractivity (Wildman–Crippen MR) is 89.3 cm³/mol. The number of hydrogen-bond acceptors (Lipinski definition) is 1. The Hall–Kier alpha value is -0.830. The molecule has 0 spiro atoms. The van der Waals surface area contributed by atoms with E-state index in [2.05, 4.69) is 65.3 Å². The zero-order chi connectivity index (χ0) is 13.4. The van der Waals surface area contributed by atoms with Gasteiger partial charge in [-0.2, -0.15) is 0 Å². The van der Waals surface area contributed by atoms with Crippen molar-refractivity contribution in [1.82, 2.24) is 0 Å². The van der Waals surface area contributed by atoms with E-state index in [-0.39, 0.29) is 0 Å². The highest BCUT2D eigenvalue weighted by Crippen LogP contribution is 2.43. The van der Waals surface area contributed by atoms with Crippen LogP contribution in [0.5, 0.6) is 0 Å². The zero-order valence-electron chi connectivity index (χ0n) is 10.4. The van der Waals surface area contributed by atoms with Gasteiger partial charge in [0.15, 0.2) is 0 Å². The van der Waals surface area contributed by atoms with Gasteiger partial charge in [-0.1, -0.05) is 30.3 Å². The summed E-state index contributed by atoms with van der Waals surface area (Å²) in [5.74, 6) is 0.552. The molecule has 3 rings (SSSR count). The maximum absolute atomic E-state index is 5.96. The van der Waals surface area contributed by atoms with E-state index >= 15 is 0 Å². The SMILES string of the molecule is Cc1ccccc1-c1c(Br)sc2ccc(CCl)cc12. The highest BCUT2D eigenvalue weighted by atomic mass is 79.9. The maximum atomic E-state index is 5.96. The van der Waals surface area contributed by atoms with Crippen LogP contribution >= 0.6 is 38.9 Å². The summed E-state index contributed by atoms with van der Waals surface area (Å²) in [5.41, 5.74) is 5.02. The Kier molecular flexibility index (Phi) is 3.66. The lowest BCUT2D eigenvalue weighted by atomic mass is 9.99. The van der Waals surface area contributed by atoms with Crippen LogP contribution in [-0.4, -0.2) is 0 Å². The van der Waals surface area contributed by atoms with Crippen molar-refractivity contribution >= 4 is 49.0 Å². The van der Waals surface area contributed by atoms with Gasteiger partial charge in [0, 0.05) is 21.5 Å². The van der Waals surface area contributed by atoms with E-state index in [1.54, 1.807) is 11.3 Å². The second kappa shape index (κ2) is 5.28. The van der Waals surface area contributed by atoms with Crippen molar-refractivity contribution in [3.05, 3.63) is 57.4 Å². The number of fused-ring (bicyclic) bond motifs is 1. The molecule has 0 aliphatic carbocycles. The lowest BCUT2D eigenvalue weighted by Gasteiger charge is -2.06. The van der Waals surface area contributed by atoms with E-state index in [0.29, 0.717) is 5.88 Å². The Morgan fingerprint density at radius 2 is 1.95 bits per heavy atom. The molecule has 19 heavy (non-hydrogen) atoms. The summed E-state index contributed by atoms with van der Waals surface area (Å²) in [6.45, 7) is 2.15. The number of halogens is 2. The molecule has 0 saturated carbocycles. The summed E-state index contributed by atoms with van der Waals surface area (Å²) in [5, 5.41) is 1.28. The number of hydrogen-bond donors (Lipinski definition) is 0. The van der Waals surface area contributed by atoms with Crippen LogP contribution in [-0.2, 0) is 5.88 Å². The van der Waals surface area contributed by atoms with E-state index in [4.69, 9.17) is 11.6 Å². The predicted octanol–water partition coefficient (Wildman–Crippen LogP) is 6.38. The van der Waals surface area contributed by atoms with Crippen LogP contribution in [0, 0.1) is 6.92 Å². The van der Waals surface area contributed by atoms with Gasteiger partial charge in [0.1, 0.15) is 0 Å². The summed E-state index contributed by atoms with van der Waals surface area (Å²) in [6.07, 6.45) is 0. The molecule has 0 radical (unpaired) electrons. The molecular weight excluding hydrogens is 340 g/mol. The number of rotatable bonds is 2. The molecule has 1 aromatic heterocycles. The fourth-order valence-electron chi connectivity index (χ4n) is 2.30. The summed E-state index contributed by atoms with van der Waals surface area (Å²) in [6, 6.07) is 14.9. The molecule has 2 aromatic carbocycles. The van der Waals surface area contributed by atoms with Gasteiger partial charge in [-0.25, -0.2) is 0 Å². The standard InChI is InChI=1S/C16H12BrClS/c1-10-4-2-3-5-12(10)15-13-8-11(9-18)6-7-14(13)19-16(15)17/h2-8H,9H2,1H3. The lowest BCUT2D eigenvalue weighted by Crippen LogP contribution is -1.83. The Labute approximate surface area is 130 Å². The van der Waals surface area contributed by atoms with Gasteiger partial charge in [0.2, 0.25) is 0 Å². The Morgan fingerprint density at radius 3 is 2.68 bits per heavy atom. The third-order valence-electron chi connectivity index (χ3n) is 3.28. The van der Waals surface area contributed by atoms with Crippen LogP contribution in [0.25, 0.3) is 21.2 Å². The molecule has 0 bridgehead atoms. The molecule has 3 aromatic rings. The summed E-state index contributed by atoms with van der Waals surface area (Å²) in [7, 11) is 0. The van der Waals surface area contributed by atoms with Crippen molar-refractivity contribution in [2.75, 3.05) is 0 Å². The molecule has 0 amide bonds. The summed E-state index contributed by atoms with van der Waals surface area (Å²) in [4.78, 5) is 0. The van der Waals surface area contributed by atoms with Gasteiger partial charge in [-0.3, -0.25) is 0 Å². The van der Waals surface area contributed by atoms with Crippen LogP contribution < -0.4 is 0 Å². The minimum absolute atomic E-state index is 0.552. The van der Waals surface area contributed by atoms with Gasteiger partial charge in [-0.05, 0) is 51.7 Å². The van der Waals surface area contributed by atoms with E-state index in [9.17, 15) is 0 Å². The number of alkyl halides is 1. The van der Waals surface area contributed by atoms with Crippen LogP contribution in [0.2, 0.25) is 0 Å². The molecule has 0 aliphatic heterocycles. The smallest absolute Gasteiger partial charge is 0.0789 e. The molecule has 96 valence electrons. The Morgan fingerprint density at radius 1 is 1.16 bits per heavy atom. The summed E-state index contributed by atoms with van der Waals surface area (Å²) >= 11 is 11.4. The third-order valence-corrected chi connectivity index (χ3v) is 5.43. The first kappa shape index (κ1) is 13.2. The second-order valence-electron chi connectivity index (χ2n) is 4.53. The van der Waals surface area contributed by atoms with Crippen molar-refractivity contribution in [3.8, 4) is 11.1 Å². The molecule has 0 nitrogen and oxygen atoms in total. The van der Waals surface area contributed by atoms with Gasteiger partial charge in [0.25, 0.3) is 0 Å². The average Bonchev–Trinajstić information content (AvgIpc) is 2.74. The molecular formula is C16H12BrClS. The molecule has 0 saturated heterocycles. The minimum Gasteiger partial charge on any atom is -0.128 e. The fourth-order valence-corrected chi connectivity index (χ4v) is 4.34. The van der Waals surface area contributed by atoms with Crippen molar-refractivity contribution in [3.63, 3.8) is 0 Å². The van der Waals surface area contributed by atoms with Crippen LogP contribution in [0.4, 0.5) is 0 Å². The van der Waals surface area contributed by atoms with Crippen molar-refractivity contribution in [2.24, 2.45) is 0 Å². The first-order valence-electron chi connectivity index (χ1n) is 6.03. The summed E-state index contributed by atoms with van der Waals surface area (Å²) < 4.78 is 2.47. The molecule has 0 aliphatic rings. The van der Waals surface area contributed by atoms with E-state index in [0.717, 1.165) is 5.56 Å². The molecule has 3 heteroatoms. The molecule has 0 fully saturated rings. The topological polar surface area (TPSA) is 0 Å². The maximum Gasteiger partial charge on any atom is 0.0789 e. The van der Waals surface area contributed by atoms with Crippen LogP contribution in [0.3, 0.4) is 0 Å². The normalized spacial score (nSPS) is 11.1. The number of thiophene rings is 1. The lowest BCUT2D eigenvalue weighted by molar-refractivity contribution is 1.43. The molecule has 0 N–H and O–H groups in total. The number of aryl methyl sites for hydroxylation is 1. The second-order valence-corrected chi connectivity index (χ2v) is 7.17. The Bertz CT molecular complexity index is 746. The first-order valence-corrected chi connectivity index (χ1v) is 8.18. The average molecular weight is 352 g/mol. The van der Waals surface area contributed by atoms with Crippen molar-refractivity contribution < 1.29 is 0 Å². The van der Waals surface area contributed by atoms with Gasteiger partial charge < -0.3 is 0 Å². The van der Waals surface area contributed by atoms with Gasteiger partial charge in [-0.15, -0.1) is 22.9 Å². The largest absolute Gasteiger partial charge is 0.128 e. The fraction of sp³-hybridized carbons (Fsp3) is 0.125. The van der Waals surface area contributed by atoms with Crippen molar-refractivity contribution in [1.29, 1.82) is 0 Å². The quantitative estimate of drug-likeness (QED) is 0.470. The Balaban J connectivity index is 2.34. The van der Waals surface area contributed by atoms with Gasteiger partial charge in [0.05, 0.1) is 3.79 Å². The molecule has 0 unspecified atom stereocenters. The van der Waals surface area contributed by atoms with Crippen molar-refractivity contribution in [2.45, 2.75) is 12.8 Å². The highest BCUT2D eigenvalue weighted by Gasteiger charge is 2.14. The molecule has 0 atom stereocenters. The highest BCUT2D eigenvalue weighted by molar-refractivity contribution is 9.11. The zero-order valence-corrected chi connectivity index (χ0v) is 13.6. The monoisotopic (exact) mass is 350 g/mol. The van der Waals surface area contributed by atoms with E-state index in [1.807, 2.05) is 0 Å². The van der Waals surface area contributed by atoms with E-state index < -0.39 is 0 Å².